The fraction of sp³-hybridized carbons (Fsp3) is 0.400. The van der Waals surface area contributed by atoms with Gasteiger partial charge < -0.3 is 4.74 Å². The molecule has 0 aliphatic heterocycles. The molecule has 1 heterocycles. The molecule has 0 atom stereocenters. The Labute approximate surface area is 86.7 Å². The van der Waals surface area contributed by atoms with E-state index in [-0.39, 0.29) is 12.2 Å². The van der Waals surface area contributed by atoms with Crippen molar-refractivity contribution in [3.63, 3.8) is 0 Å². The minimum absolute atomic E-state index is 0.0918. The molecule has 76 valence electrons. The number of thiophene rings is 1. The summed E-state index contributed by atoms with van der Waals surface area (Å²) < 4.78 is 4.68. The molecule has 1 aromatic rings. The molecule has 3 nitrogen and oxygen atoms in total. The predicted molar refractivity (Wildman–Crippen MR) is 54.3 cm³/mol. The van der Waals surface area contributed by atoms with Crippen LogP contribution in [0.15, 0.2) is 17.5 Å². The summed E-state index contributed by atoms with van der Waals surface area (Å²) in [5.74, 6) is -0.528. The predicted octanol–water partition coefficient (Wildman–Crippen LogP) is 1.81. The van der Waals surface area contributed by atoms with E-state index in [1.807, 2.05) is 17.5 Å². The SMILES string of the molecule is CCOC(=O)CC(=O)Cc1cccs1. The molecule has 0 aliphatic carbocycles. The van der Waals surface area contributed by atoms with Gasteiger partial charge in [-0.1, -0.05) is 6.07 Å². The normalized spacial score (nSPS) is 9.79. The Morgan fingerprint density at radius 3 is 2.86 bits per heavy atom. The van der Waals surface area contributed by atoms with E-state index in [0.717, 1.165) is 4.88 Å². The van der Waals surface area contributed by atoms with Crippen molar-refractivity contribution < 1.29 is 14.3 Å². The van der Waals surface area contributed by atoms with Crippen molar-refractivity contribution in [2.24, 2.45) is 0 Å². The van der Waals surface area contributed by atoms with Crippen LogP contribution in [0.4, 0.5) is 0 Å². The van der Waals surface area contributed by atoms with Crippen molar-refractivity contribution in [3.05, 3.63) is 22.4 Å². The number of carbonyl (C=O) groups excluding carboxylic acids is 2. The number of Topliss-reactive ketones (excluding diaryl/α,β-unsaturated/α-hetero) is 1. The minimum Gasteiger partial charge on any atom is -0.466 e. The van der Waals surface area contributed by atoms with Crippen molar-refractivity contribution in [2.75, 3.05) is 6.61 Å². The number of ether oxygens (including phenoxy) is 1. The van der Waals surface area contributed by atoms with Gasteiger partial charge in [0.2, 0.25) is 0 Å². The second-order valence-electron chi connectivity index (χ2n) is 2.78. The molecule has 0 fully saturated rings. The summed E-state index contributed by atoms with van der Waals surface area (Å²) in [4.78, 5) is 23.2. The van der Waals surface area contributed by atoms with Gasteiger partial charge in [0, 0.05) is 11.3 Å². The third kappa shape index (κ3) is 3.70. The maximum absolute atomic E-state index is 11.3. The monoisotopic (exact) mass is 212 g/mol. The van der Waals surface area contributed by atoms with Gasteiger partial charge in [0.25, 0.3) is 0 Å². The zero-order chi connectivity index (χ0) is 10.4. The van der Waals surface area contributed by atoms with E-state index < -0.39 is 5.97 Å². The summed E-state index contributed by atoms with van der Waals surface area (Å²) in [6.45, 7) is 2.05. The zero-order valence-electron chi connectivity index (χ0n) is 7.99. The van der Waals surface area contributed by atoms with Gasteiger partial charge in [0.05, 0.1) is 6.61 Å². The van der Waals surface area contributed by atoms with Gasteiger partial charge in [0.1, 0.15) is 12.2 Å². The Morgan fingerprint density at radius 1 is 1.50 bits per heavy atom. The van der Waals surface area contributed by atoms with Crippen LogP contribution in [-0.4, -0.2) is 18.4 Å². The van der Waals surface area contributed by atoms with E-state index in [4.69, 9.17) is 0 Å². The molecule has 0 saturated heterocycles. The van der Waals surface area contributed by atoms with Crippen LogP contribution in [0.25, 0.3) is 0 Å². The van der Waals surface area contributed by atoms with E-state index in [9.17, 15) is 9.59 Å². The van der Waals surface area contributed by atoms with Crippen LogP contribution in [0.1, 0.15) is 18.2 Å². The van der Waals surface area contributed by atoms with Gasteiger partial charge >= 0.3 is 5.97 Å². The minimum atomic E-state index is -0.436. The van der Waals surface area contributed by atoms with Crippen LogP contribution < -0.4 is 0 Å². The first kappa shape index (κ1) is 10.9. The van der Waals surface area contributed by atoms with Gasteiger partial charge in [-0.25, -0.2) is 0 Å². The van der Waals surface area contributed by atoms with Crippen LogP contribution >= 0.6 is 11.3 Å². The van der Waals surface area contributed by atoms with E-state index in [1.54, 1.807) is 6.92 Å². The van der Waals surface area contributed by atoms with E-state index >= 15 is 0 Å². The first-order valence-corrected chi connectivity index (χ1v) is 5.30. The van der Waals surface area contributed by atoms with Crippen LogP contribution in [0.5, 0.6) is 0 Å². The molecule has 4 heteroatoms. The van der Waals surface area contributed by atoms with Crippen LogP contribution in [0.2, 0.25) is 0 Å². The summed E-state index contributed by atoms with van der Waals surface area (Å²) in [5, 5.41) is 1.91. The van der Waals surface area contributed by atoms with Crippen LogP contribution in [-0.2, 0) is 20.7 Å². The van der Waals surface area contributed by atoms with Gasteiger partial charge in [-0.2, -0.15) is 0 Å². The second-order valence-corrected chi connectivity index (χ2v) is 3.81. The Hall–Kier alpha value is -1.16. The molecule has 0 saturated carbocycles. The molecular formula is C10H12O3S. The lowest BCUT2D eigenvalue weighted by atomic mass is 10.2. The summed E-state index contributed by atoms with van der Waals surface area (Å²) >= 11 is 1.52. The molecule has 0 spiro atoms. The second kappa shape index (κ2) is 5.54. The average Bonchev–Trinajstić information content (AvgIpc) is 2.56. The Balaban J connectivity index is 2.33. The smallest absolute Gasteiger partial charge is 0.313 e. The molecule has 14 heavy (non-hydrogen) atoms. The lowest BCUT2D eigenvalue weighted by Gasteiger charge is -1.99. The van der Waals surface area contributed by atoms with Gasteiger partial charge in [-0.05, 0) is 18.4 Å². The van der Waals surface area contributed by atoms with Crippen molar-refractivity contribution in [3.8, 4) is 0 Å². The van der Waals surface area contributed by atoms with Gasteiger partial charge in [0.15, 0.2) is 0 Å². The Morgan fingerprint density at radius 2 is 2.29 bits per heavy atom. The third-order valence-corrected chi connectivity index (χ3v) is 2.47. The summed E-state index contributed by atoms with van der Waals surface area (Å²) in [5.41, 5.74) is 0. The quantitative estimate of drug-likeness (QED) is 0.552. The average molecular weight is 212 g/mol. The topological polar surface area (TPSA) is 43.4 Å². The highest BCUT2D eigenvalue weighted by atomic mass is 32.1. The van der Waals surface area contributed by atoms with Gasteiger partial charge in [-0.15, -0.1) is 11.3 Å². The molecule has 0 bridgehead atoms. The largest absolute Gasteiger partial charge is 0.466 e. The van der Waals surface area contributed by atoms with Crippen molar-refractivity contribution in [2.45, 2.75) is 19.8 Å². The van der Waals surface area contributed by atoms with E-state index in [1.165, 1.54) is 11.3 Å². The van der Waals surface area contributed by atoms with E-state index in [2.05, 4.69) is 4.74 Å². The Kier molecular flexibility index (Phi) is 4.32. The molecule has 0 unspecified atom stereocenters. The summed E-state index contributed by atoms with van der Waals surface area (Å²) in [6, 6.07) is 3.77. The molecule has 0 radical (unpaired) electrons. The van der Waals surface area contributed by atoms with E-state index in [0.29, 0.717) is 13.0 Å². The van der Waals surface area contributed by atoms with Gasteiger partial charge in [-0.3, -0.25) is 9.59 Å². The number of hydrogen-bond donors (Lipinski definition) is 0. The number of esters is 1. The summed E-state index contributed by atoms with van der Waals surface area (Å²) in [7, 11) is 0. The highest BCUT2D eigenvalue weighted by Gasteiger charge is 2.10. The first-order chi connectivity index (χ1) is 6.72. The zero-order valence-corrected chi connectivity index (χ0v) is 8.80. The maximum atomic E-state index is 11.3. The standard InChI is InChI=1S/C10H12O3S/c1-2-13-10(12)7-8(11)6-9-4-3-5-14-9/h3-5H,2,6-7H2,1H3. The number of hydrogen-bond acceptors (Lipinski definition) is 4. The lowest BCUT2D eigenvalue weighted by Crippen LogP contribution is -2.12. The number of rotatable bonds is 5. The number of ketones is 1. The molecule has 0 aromatic carbocycles. The first-order valence-electron chi connectivity index (χ1n) is 4.42. The summed E-state index contributed by atoms with van der Waals surface area (Å²) in [6.07, 6.45) is 0.211. The van der Waals surface area contributed by atoms with Crippen LogP contribution in [0.3, 0.4) is 0 Å². The maximum Gasteiger partial charge on any atom is 0.313 e. The van der Waals surface area contributed by atoms with Crippen molar-refractivity contribution >= 4 is 23.1 Å². The Bertz CT molecular complexity index is 303. The molecule has 0 aliphatic rings. The molecule has 0 N–H and O–H groups in total. The fourth-order valence-electron chi connectivity index (χ4n) is 1.04. The fourth-order valence-corrected chi connectivity index (χ4v) is 1.78. The third-order valence-electron chi connectivity index (χ3n) is 1.60. The van der Waals surface area contributed by atoms with Crippen molar-refractivity contribution in [1.82, 2.24) is 0 Å². The van der Waals surface area contributed by atoms with Crippen molar-refractivity contribution in [1.29, 1.82) is 0 Å². The highest BCUT2D eigenvalue weighted by molar-refractivity contribution is 7.10. The molecular weight excluding hydrogens is 200 g/mol. The number of carbonyl (C=O) groups is 2. The molecule has 1 rings (SSSR count). The lowest BCUT2D eigenvalue weighted by molar-refractivity contribution is -0.145. The molecule has 1 aromatic heterocycles. The van der Waals surface area contributed by atoms with Crippen LogP contribution in [0, 0.1) is 0 Å². The molecule has 0 amide bonds. The highest BCUT2D eigenvalue weighted by Crippen LogP contribution is 2.10.